The molecule has 0 aromatic carbocycles. The third kappa shape index (κ3) is 3.25. The highest BCUT2D eigenvalue weighted by atomic mass is 35.5. The predicted molar refractivity (Wildman–Crippen MR) is 82.1 cm³/mol. The highest BCUT2D eigenvalue weighted by Crippen LogP contribution is 2.43. The van der Waals surface area contributed by atoms with Crippen molar-refractivity contribution in [3.05, 3.63) is 29.0 Å². The van der Waals surface area contributed by atoms with Crippen LogP contribution < -0.4 is 10.6 Å². The lowest BCUT2D eigenvalue weighted by Gasteiger charge is -2.51. The average molecular weight is 340 g/mol. The number of rotatable bonds is 4. The van der Waals surface area contributed by atoms with E-state index in [1.807, 2.05) is 0 Å². The standard InChI is InChI=1S/C15H18ClN3O4/c16-10-1-2-11(17-7-10)8-18-12(20)15-5-3-14(4-6-15,9-23-15)19-13(21)22/h1-2,7,19H,3-6,8-9H2,(H,18,20)(H,21,22). The molecule has 0 spiro atoms. The lowest BCUT2D eigenvalue weighted by Crippen LogP contribution is -2.66. The molecule has 3 N–H and O–H groups in total. The molecule has 3 aliphatic rings. The Bertz CT molecular complexity index is 595. The number of amides is 2. The van der Waals surface area contributed by atoms with Crippen molar-refractivity contribution in [1.29, 1.82) is 0 Å². The molecule has 4 rings (SSSR count). The molecule has 23 heavy (non-hydrogen) atoms. The molecule has 3 fully saturated rings. The van der Waals surface area contributed by atoms with Crippen molar-refractivity contribution >= 4 is 23.6 Å². The third-order valence-corrected chi connectivity index (χ3v) is 4.87. The molecule has 8 heteroatoms. The zero-order chi connectivity index (χ0) is 16.5. The Morgan fingerprint density at radius 1 is 1.30 bits per heavy atom. The number of carbonyl (C=O) groups is 2. The quantitative estimate of drug-likeness (QED) is 0.775. The zero-order valence-electron chi connectivity index (χ0n) is 12.5. The normalized spacial score (nSPS) is 29.1. The van der Waals surface area contributed by atoms with Crippen LogP contribution in [0.2, 0.25) is 5.02 Å². The number of carboxylic acid groups (broad SMARTS) is 1. The Kier molecular flexibility index (Phi) is 4.16. The maximum atomic E-state index is 12.5. The van der Waals surface area contributed by atoms with Gasteiger partial charge in [-0.2, -0.15) is 0 Å². The van der Waals surface area contributed by atoms with Crippen molar-refractivity contribution in [2.75, 3.05) is 6.61 Å². The minimum absolute atomic E-state index is 0.169. The molecule has 2 aliphatic heterocycles. The number of hydrogen-bond acceptors (Lipinski definition) is 4. The van der Waals surface area contributed by atoms with Crippen LogP contribution in [0.1, 0.15) is 31.4 Å². The number of nitrogens with one attached hydrogen (secondary N) is 2. The summed E-state index contributed by atoms with van der Waals surface area (Å²) in [5.74, 6) is -0.169. The van der Waals surface area contributed by atoms with Gasteiger partial charge in [-0.15, -0.1) is 0 Å². The van der Waals surface area contributed by atoms with Gasteiger partial charge in [0.15, 0.2) is 0 Å². The van der Waals surface area contributed by atoms with E-state index in [4.69, 9.17) is 21.4 Å². The van der Waals surface area contributed by atoms with Gasteiger partial charge in [0.2, 0.25) is 0 Å². The second-order valence-corrected chi connectivity index (χ2v) is 6.58. The lowest BCUT2D eigenvalue weighted by molar-refractivity contribution is -0.180. The van der Waals surface area contributed by atoms with E-state index < -0.39 is 17.2 Å². The van der Waals surface area contributed by atoms with Crippen LogP contribution >= 0.6 is 11.6 Å². The molecule has 0 unspecified atom stereocenters. The van der Waals surface area contributed by atoms with Gasteiger partial charge in [-0.3, -0.25) is 9.78 Å². The molecule has 1 saturated carbocycles. The highest BCUT2D eigenvalue weighted by molar-refractivity contribution is 6.30. The van der Waals surface area contributed by atoms with Crippen LogP contribution in [-0.4, -0.2) is 39.8 Å². The number of carbonyl (C=O) groups excluding carboxylic acids is 1. The summed E-state index contributed by atoms with van der Waals surface area (Å²) >= 11 is 5.78. The van der Waals surface area contributed by atoms with Gasteiger partial charge in [-0.1, -0.05) is 11.6 Å². The molecule has 7 nitrogen and oxygen atoms in total. The predicted octanol–water partition coefficient (Wildman–Crippen LogP) is 1.70. The monoisotopic (exact) mass is 339 g/mol. The Labute approximate surface area is 138 Å². The van der Waals surface area contributed by atoms with Crippen molar-refractivity contribution in [2.24, 2.45) is 0 Å². The van der Waals surface area contributed by atoms with Crippen LogP contribution in [0.4, 0.5) is 4.79 Å². The first-order valence-electron chi connectivity index (χ1n) is 7.47. The molecule has 1 aromatic rings. The third-order valence-electron chi connectivity index (χ3n) is 4.64. The van der Waals surface area contributed by atoms with Crippen LogP contribution in [0.3, 0.4) is 0 Å². The molecule has 2 amide bonds. The van der Waals surface area contributed by atoms with Crippen molar-refractivity contribution in [2.45, 2.75) is 43.4 Å². The van der Waals surface area contributed by atoms with Gasteiger partial charge < -0.3 is 20.5 Å². The fraction of sp³-hybridized carbons (Fsp3) is 0.533. The summed E-state index contributed by atoms with van der Waals surface area (Å²) in [5, 5.41) is 14.9. The molecule has 0 atom stereocenters. The minimum atomic E-state index is -1.05. The maximum absolute atomic E-state index is 12.5. The van der Waals surface area contributed by atoms with E-state index in [9.17, 15) is 9.59 Å². The molecular formula is C15H18ClN3O4. The van der Waals surface area contributed by atoms with E-state index in [1.165, 1.54) is 6.20 Å². The summed E-state index contributed by atoms with van der Waals surface area (Å²) in [6.07, 6.45) is 2.70. The number of fused-ring (bicyclic) bond motifs is 3. The molecule has 2 saturated heterocycles. The number of aromatic nitrogens is 1. The summed E-state index contributed by atoms with van der Waals surface area (Å²) in [4.78, 5) is 27.5. The first kappa shape index (κ1) is 16.0. The molecule has 124 valence electrons. The Morgan fingerprint density at radius 2 is 2.04 bits per heavy atom. The van der Waals surface area contributed by atoms with Gasteiger partial charge in [-0.05, 0) is 37.8 Å². The fourth-order valence-electron chi connectivity index (χ4n) is 3.22. The van der Waals surface area contributed by atoms with Crippen LogP contribution in [0.25, 0.3) is 0 Å². The molecule has 3 heterocycles. The Morgan fingerprint density at radius 3 is 2.57 bits per heavy atom. The van der Waals surface area contributed by atoms with Crippen molar-refractivity contribution < 1.29 is 19.4 Å². The maximum Gasteiger partial charge on any atom is 0.405 e. The second kappa shape index (κ2) is 5.98. The summed E-state index contributed by atoms with van der Waals surface area (Å²) in [7, 11) is 0. The van der Waals surface area contributed by atoms with Crippen molar-refractivity contribution in [1.82, 2.24) is 15.6 Å². The van der Waals surface area contributed by atoms with Gasteiger partial charge in [-0.25, -0.2) is 4.79 Å². The van der Waals surface area contributed by atoms with E-state index in [1.54, 1.807) is 12.1 Å². The Hall–Kier alpha value is -1.86. The molecule has 0 radical (unpaired) electrons. The summed E-state index contributed by atoms with van der Waals surface area (Å²) in [5.41, 5.74) is -0.687. The van der Waals surface area contributed by atoms with Crippen LogP contribution in [-0.2, 0) is 16.1 Å². The van der Waals surface area contributed by atoms with E-state index >= 15 is 0 Å². The average Bonchev–Trinajstić information content (AvgIpc) is 2.55. The number of hydrogen-bond donors (Lipinski definition) is 3. The molecular weight excluding hydrogens is 322 g/mol. The van der Waals surface area contributed by atoms with Crippen LogP contribution in [0.15, 0.2) is 18.3 Å². The summed E-state index contributed by atoms with van der Waals surface area (Å²) in [6, 6.07) is 3.47. The number of nitrogens with zero attached hydrogens (tertiary/aromatic N) is 1. The first-order valence-corrected chi connectivity index (χ1v) is 7.85. The first-order chi connectivity index (χ1) is 10.9. The summed E-state index contributed by atoms with van der Waals surface area (Å²) < 4.78 is 5.76. The minimum Gasteiger partial charge on any atom is -0.465 e. The number of halogens is 1. The van der Waals surface area contributed by atoms with Gasteiger partial charge in [0.1, 0.15) is 5.60 Å². The zero-order valence-corrected chi connectivity index (χ0v) is 13.2. The van der Waals surface area contributed by atoms with Crippen LogP contribution in [0, 0.1) is 0 Å². The van der Waals surface area contributed by atoms with Gasteiger partial charge in [0.05, 0.1) is 29.4 Å². The Balaban J connectivity index is 1.59. The largest absolute Gasteiger partial charge is 0.465 e. The van der Waals surface area contributed by atoms with E-state index in [-0.39, 0.29) is 12.5 Å². The van der Waals surface area contributed by atoms with Crippen molar-refractivity contribution in [3.8, 4) is 0 Å². The topological polar surface area (TPSA) is 101 Å². The smallest absolute Gasteiger partial charge is 0.405 e. The van der Waals surface area contributed by atoms with Gasteiger partial charge >= 0.3 is 6.09 Å². The second-order valence-electron chi connectivity index (χ2n) is 6.14. The fourth-order valence-corrected chi connectivity index (χ4v) is 3.33. The van der Waals surface area contributed by atoms with E-state index in [0.717, 1.165) is 0 Å². The van der Waals surface area contributed by atoms with Gasteiger partial charge in [0.25, 0.3) is 5.91 Å². The number of pyridine rings is 1. The van der Waals surface area contributed by atoms with E-state index in [2.05, 4.69) is 15.6 Å². The summed E-state index contributed by atoms with van der Waals surface area (Å²) in [6.45, 7) is 0.533. The number of ether oxygens (including phenoxy) is 1. The lowest BCUT2D eigenvalue weighted by atomic mass is 9.70. The highest BCUT2D eigenvalue weighted by Gasteiger charge is 2.54. The molecule has 1 aromatic heterocycles. The van der Waals surface area contributed by atoms with Gasteiger partial charge in [0, 0.05) is 6.20 Å². The van der Waals surface area contributed by atoms with E-state index in [0.29, 0.717) is 42.9 Å². The molecule has 2 bridgehead atoms. The SMILES string of the molecule is O=C(O)NC12CCC(C(=O)NCc3ccc(Cl)cn3)(CC1)OC2. The molecule has 1 aliphatic carbocycles. The van der Waals surface area contributed by atoms with Crippen molar-refractivity contribution in [3.63, 3.8) is 0 Å². The van der Waals surface area contributed by atoms with Crippen LogP contribution in [0.5, 0.6) is 0 Å².